The van der Waals surface area contributed by atoms with Crippen LogP contribution in [0.4, 0.5) is 4.79 Å². The third kappa shape index (κ3) is 7.10. The molecule has 0 atom stereocenters. The Bertz CT molecular complexity index is 292. The first-order valence-electron chi connectivity index (χ1n) is 7.60. The van der Waals surface area contributed by atoms with Crippen molar-refractivity contribution < 1.29 is 14.3 Å². The molecule has 0 saturated carbocycles. The number of carbonyl (C=O) groups excluding carboxylic acids is 1. The van der Waals surface area contributed by atoms with Gasteiger partial charge in [0.1, 0.15) is 5.60 Å². The quantitative estimate of drug-likeness (QED) is 0.728. The molecular weight excluding hydrogens is 256 g/mol. The lowest BCUT2D eigenvalue weighted by atomic mass is 10.2. The van der Waals surface area contributed by atoms with E-state index in [2.05, 4.69) is 18.7 Å². The fraction of sp³-hybridized carbons (Fsp3) is 0.933. The summed E-state index contributed by atoms with van der Waals surface area (Å²) in [5, 5.41) is 0. The van der Waals surface area contributed by atoms with Gasteiger partial charge in [-0.3, -0.25) is 4.90 Å². The van der Waals surface area contributed by atoms with Crippen molar-refractivity contribution in [2.75, 3.05) is 39.3 Å². The third-order valence-corrected chi connectivity index (χ3v) is 3.09. The largest absolute Gasteiger partial charge is 0.444 e. The molecule has 0 aliphatic carbocycles. The molecule has 1 rings (SSSR count). The van der Waals surface area contributed by atoms with Gasteiger partial charge in [0.05, 0.1) is 6.10 Å². The van der Waals surface area contributed by atoms with Crippen LogP contribution in [0.25, 0.3) is 0 Å². The third-order valence-electron chi connectivity index (χ3n) is 3.09. The van der Waals surface area contributed by atoms with Crippen molar-refractivity contribution in [3.05, 3.63) is 0 Å². The van der Waals surface area contributed by atoms with Crippen LogP contribution in [0.2, 0.25) is 0 Å². The first-order valence-corrected chi connectivity index (χ1v) is 7.60. The Morgan fingerprint density at radius 1 is 1.15 bits per heavy atom. The van der Waals surface area contributed by atoms with Crippen LogP contribution in [0.1, 0.15) is 41.0 Å². The monoisotopic (exact) mass is 286 g/mol. The summed E-state index contributed by atoms with van der Waals surface area (Å²) in [7, 11) is 0. The Morgan fingerprint density at radius 2 is 1.75 bits per heavy atom. The highest BCUT2D eigenvalue weighted by atomic mass is 16.6. The van der Waals surface area contributed by atoms with Crippen molar-refractivity contribution in [2.45, 2.75) is 52.7 Å². The van der Waals surface area contributed by atoms with Gasteiger partial charge in [0.2, 0.25) is 0 Å². The van der Waals surface area contributed by atoms with E-state index in [1.165, 1.54) is 0 Å². The summed E-state index contributed by atoms with van der Waals surface area (Å²) in [6.45, 7) is 15.0. The maximum absolute atomic E-state index is 11.9. The highest BCUT2D eigenvalue weighted by Crippen LogP contribution is 2.12. The first kappa shape index (κ1) is 17.2. The van der Waals surface area contributed by atoms with Crippen molar-refractivity contribution in [3.8, 4) is 0 Å². The lowest BCUT2D eigenvalue weighted by molar-refractivity contribution is 0.0128. The summed E-state index contributed by atoms with van der Waals surface area (Å²) < 4.78 is 10.9. The fourth-order valence-electron chi connectivity index (χ4n) is 2.09. The van der Waals surface area contributed by atoms with E-state index in [-0.39, 0.29) is 6.09 Å². The van der Waals surface area contributed by atoms with Crippen LogP contribution in [0.5, 0.6) is 0 Å². The van der Waals surface area contributed by atoms with Gasteiger partial charge >= 0.3 is 6.09 Å². The van der Waals surface area contributed by atoms with Crippen LogP contribution in [-0.2, 0) is 9.47 Å². The molecular formula is C15H30N2O3. The van der Waals surface area contributed by atoms with E-state index < -0.39 is 5.60 Å². The topological polar surface area (TPSA) is 42.0 Å². The zero-order chi connectivity index (χ0) is 15.2. The fourth-order valence-corrected chi connectivity index (χ4v) is 2.09. The average Bonchev–Trinajstić information content (AvgIpc) is 2.33. The molecule has 1 saturated heterocycles. The minimum absolute atomic E-state index is 0.194. The van der Waals surface area contributed by atoms with Gasteiger partial charge < -0.3 is 14.4 Å². The Hall–Kier alpha value is -0.810. The van der Waals surface area contributed by atoms with Crippen LogP contribution in [0.15, 0.2) is 0 Å². The van der Waals surface area contributed by atoms with E-state index in [0.717, 1.165) is 45.8 Å². The predicted octanol–water partition coefficient (Wildman–Crippen LogP) is 2.35. The molecule has 118 valence electrons. The van der Waals surface area contributed by atoms with Gasteiger partial charge in [-0.1, -0.05) is 0 Å². The van der Waals surface area contributed by atoms with Crippen molar-refractivity contribution in [1.82, 2.24) is 9.80 Å². The van der Waals surface area contributed by atoms with Gasteiger partial charge in [-0.25, -0.2) is 4.79 Å². The molecule has 0 aromatic heterocycles. The van der Waals surface area contributed by atoms with E-state index in [1.807, 2.05) is 20.8 Å². The number of amides is 1. The molecule has 0 radical (unpaired) electrons. The molecule has 20 heavy (non-hydrogen) atoms. The van der Waals surface area contributed by atoms with Gasteiger partial charge in [-0.05, 0) is 41.0 Å². The summed E-state index contributed by atoms with van der Waals surface area (Å²) in [5.74, 6) is 0. The highest BCUT2D eigenvalue weighted by molar-refractivity contribution is 5.68. The number of ether oxygens (including phenoxy) is 2. The second-order valence-corrected chi connectivity index (χ2v) is 6.58. The molecule has 0 unspecified atom stereocenters. The number of rotatable bonds is 5. The predicted molar refractivity (Wildman–Crippen MR) is 80.0 cm³/mol. The lowest BCUT2D eigenvalue weighted by Gasteiger charge is -2.35. The van der Waals surface area contributed by atoms with Crippen LogP contribution in [0.3, 0.4) is 0 Å². The van der Waals surface area contributed by atoms with E-state index in [4.69, 9.17) is 9.47 Å². The van der Waals surface area contributed by atoms with Gasteiger partial charge in [0.15, 0.2) is 0 Å². The molecule has 1 amide bonds. The standard InChI is InChI=1S/C15H30N2O3/c1-13(2)19-12-6-7-16-8-10-17(11-9-16)14(18)20-15(3,4)5/h13H,6-12H2,1-5H3. The lowest BCUT2D eigenvalue weighted by Crippen LogP contribution is -2.50. The van der Waals surface area contributed by atoms with E-state index in [1.54, 1.807) is 4.90 Å². The summed E-state index contributed by atoms with van der Waals surface area (Å²) in [6, 6.07) is 0. The van der Waals surface area contributed by atoms with Crippen LogP contribution >= 0.6 is 0 Å². The van der Waals surface area contributed by atoms with Crippen LogP contribution in [-0.4, -0.2) is 66.9 Å². The minimum atomic E-state index is -0.414. The zero-order valence-electron chi connectivity index (χ0n) is 13.6. The molecule has 0 aromatic rings. The molecule has 1 fully saturated rings. The first-order chi connectivity index (χ1) is 9.28. The molecule has 1 aliphatic rings. The number of nitrogens with zero attached hydrogens (tertiary/aromatic N) is 2. The number of hydrogen-bond donors (Lipinski definition) is 0. The molecule has 0 spiro atoms. The molecule has 1 heterocycles. The summed E-state index contributed by atoms with van der Waals surface area (Å²) >= 11 is 0. The minimum Gasteiger partial charge on any atom is -0.444 e. The number of hydrogen-bond acceptors (Lipinski definition) is 4. The highest BCUT2D eigenvalue weighted by Gasteiger charge is 2.25. The maximum atomic E-state index is 11.9. The molecule has 5 nitrogen and oxygen atoms in total. The molecule has 5 heteroatoms. The smallest absolute Gasteiger partial charge is 0.410 e. The van der Waals surface area contributed by atoms with Crippen LogP contribution in [0, 0.1) is 0 Å². The summed E-state index contributed by atoms with van der Waals surface area (Å²) in [6.07, 6.45) is 1.16. The van der Waals surface area contributed by atoms with Crippen LogP contribution < -0.4 is 0 Å². The molecule has 1 aliphatic heterocycles. The van der Waals surface area contributed by atoms with Gasteiger partial charge in [0.25, 0.3) is 0 Å². The SMILES string of the molecule is CC(C)OCCCN1CCN(C(=O)OC(C)(C)C)CC1. The van der Waals surface area contributed by atoms with Gasteiger partial charge in [-0.2, -0.15) is 0 Å². The van der Waals surface area contributed by atoms with Crippen molar-refractivity contribution in [2.24, 2.45) is 0 Å². The molecule has 0 aromatic carbocycles. The van der Waals surface area contributed by atoms with E-state index >= 15 is 0 Å². The second kappa shape index (κ2) is 7.84. The Morgan fingerprint density at radius 3 is 2.25 bits per heavy atom. The zero-order valence-corrected chi connectivity index (χ0v) is 13.6. The van der Waals surface area contributed by atoms with Crippen molar-refractivity contribution in [1.29, 1.82) is 0 Å². The van der Waals surface area contributed by atoms with Crippen molar-refractivity contribution >= 4 is 6.09 Å². The molecule has 0 bridgehead atoms. The van der Waals surface area contributed by atoms with E-state index in [9.17, 15) is 4.79 Å². The summed E-state index contributed by atoms with van der Waals surface area (Å²) in [5.41, 5.74) is -0.414. The Kier molecular flexibility index (Phi) is 6.76. The number of piperazine rings is 1. The summed E-state index contributed by atoms with van der Waals surface area (Å²) in [4.78, 5) is 16.1. The maximum Gasteiger partial charge on any atom is 0.410 e. The number of carbonyl (C=O) groups is 1. The second-order valence-electron chi connectivity index (χ2n) is 6.58. The molecule has 0 N–H and O–H groups in total. The van der Waals surface area contributed by atoms with Gasteiger partial charge in [-0.15, -0.1) is 0 Å². The average molecular weight is 286 g/mol. The normalized spacial score (nSPS) is 17.6. The Labute approximate surface area is 123 Å². The van der Waals surface area contributed by atoms with Crippen molar-refractivity contribution in [3.63, 3.8) is 0 Å². The van der Waals surface area contributed by atoms with E-state index in [0.29, 0.717) is 6.10 Å². The van der Waals surface area contributed by atoms with Gasteiger partial charge in [0, 0.05) is 39.3 Å². The Balaban J connectivity index is 2.18.